The van der Waals surface area contributed by atoms with Crippen molar-refractivity contribution in [3.63, 3.8) is 0 Å². The zero-order chi connectivity index (χ0) is 13.4. The van der Waals surface area contributed by atoms with Gasteiger partial charge in [0, 0.05) is 24.8 Å². The summed E-state index contributed by atoms with van der Waals surface area (Å²) in [7, 11) is 0. The molecule has 1 rings (SSSR count). The summed E-state index contributed by atoms with van der Waals surface area (Å²) in [5, 5.41) is 0. The van der Waals surface area contributed by atoms with Gasteiger partial charge in [0.05, 0.1) is 0 Å². The van der Waals surface area contributed by atoms with Crippen LogP contribution in [-0.4, -0.2) is 12.6 Å². The summed E-state index contributed by atoms with van der Waals surface area (Å²) in [6.07, 6.45) is 5.26. The molecule has 2 nitrogen and oxygen atoms in total. The first-order chi connectivity index (χ1) is 8.69. The SMILES string of the molecule is CCCCCCN(c1ccc(CN)cc1)C(C)C. The minimum absolute atomic E-state index is 0.551. The van der Waals surface area contributed by atoms with Crippen molar-refractivity contribution in [2.24, 2.45) is 5.73 Å². The van der Waals surface area contributed by atoms with E-state index in [-0.39, 0.29) is 0 Å². The number of unbranched alkanes of at least 4 members (excludes halogenated alkanes) is 3. The molecule has 2 heteroatoms. The van der Waals surface area contributed by atoms with Crippen molar-refractivity contribution < 1.29 is 0 Å². The number of rotatable bonds is 8. The summed E-state index contributed by atoms with van der Waals surface area (Å²) in [5.41, 5.74) is 8.16. The van der Waals surface area contributed by atoms with Crippen LogP contribution in [0.3, 0.4) is 0 Å². The molecule has 0 fully saturated rings. The molecule has 1 aromatic carbocycles. The van der Waals surface area contributed by atoms with E-state index in [2.05, 4.69) is 49.9 Å². The first-order valence-corrected chi connectivity index (χ1v) is 7.24. The molecule has 0 radical (unpaired) electrons. The molecule has 102 valence electrons. The minimum Gasteiger partial charge on any atom is -0.369 e. The molecule has 0 aliphatic rings. The molecule has 0 amide bonds. The second-order valence-corrected chi connectivity index (χ2v) is 5.22. The molecule has 0 aliphatic carbocycles. The maximum absolute atomic E-state index is 5.64. The predicted octanol–water partition coefficient (Wildman–Crippen LogP) is 3.94. The third kappa shape index (κ3) is 4.69. The van der Waals surface area contributed by atoms with E-state index < -0.39 is 0 Å². The number of hydrogen-bond donors (Lipinski definition) is 1. The zero-order valence-electron chi connectivity index (χ0n) is 12.2. The Bertz CT molecular complexity index is 316. The van der Waals surface area contributed by atoms with Crippen molar-refractivity contribution in [2.45, 2.75) is 59.0 Å². The fourth-order valence-corrected chi connectivity index (χ4v) is 2.22. The second kappa shape index (κ2) is 8.15. The van der Waals surface area contributed by atoms with Gasteiger partial charge in [-0.1, -0.05) is 38.3 Å². The highest BCUT2D eigenvalue weighted by Crippen LogP contribution is 2.19. The van der Waals surface area contributed by atoms with Gasteiger partial charge in [0.1, 0.15) is 0 Å². The number of nitrogens with two attached hydrogens (primary N) is 1. The number of nitrogens with zero attached hydrogens (tertiary/aromatic N) is 1. The van der Waals surface area contributed by atoms with Crippen molar-refractivity contribution >= 4 is 5.69 Å². The maximum atomic E-state index is 5.64. The van der Waals surface area contributed by atoms with Crippen molar-refractivity contribution in [1.82, 2.24) is 0 Å². The standard InChI is InChI=1S/C16H28N2/c1-4-5-6-7-12-18(14(2)3)16-10-8-15(13-17)9-11-16/h8-11,14H,4-7,12-13,17H2,1-3H3. The van der Waals surface area contributed by atoms with E-state index >= 15 is 0 Å². The average Bonchev–Trinajstić information content (AvgIpc) is 2.39. The first-order valence-electron chi connectivity index (χ1n) is 7.24. The van der Waals surface area contributed by atoms with E-state index in [0.717, 1.165) is 6.54 Å². The van der Waals surface area contributed by atoms with Crippen molar-refractivity contribution in [3.8, 4) is 0 Å². The predicted molar refractivity (Wildman–Crippen MR) is 81.0 cm³/mol. The lowest BCUT2D eigenvalue weighted by Gasteiger charge is -2.29. The lowest BCUT2D eigenvalue weighted by Crippen LogP contribution is -2.31. The van der Waals surface area contributed by atoms with Crippen LogP contribution < -0.4 is 10.6 Å². The van der Waals surface area contributed by atoms with Crippen molar-refractivity contribution in [1.29, 1.82) is 0 Å². The highest BCUT2D eigenvalue weighted by molar-refractivity contribution is 5.48. The Labute approximate surface area is 112 Å². The topological polar surface area (TPSA) is 29.3 Å². The van der Waals surface area contributed by atoms with E-state index in [4.69, 9.17) is 5.73 Å². The van der Waals surface area contributed by atoms with E-state index in [0.29, 0.717) is 12.6 Å². The van der Waals surface area contributed by atoms with Gasteiger partial charge in [0.15, 0.2) is 0 Å². The van der Waals surface area contributed by atoms with Gasteiger partial charge in [-0.25, -0.2) is 0 Å². The van der Waals surface area contributed by atoms with Crippen LogP contribution in [0.2, 0.25) is 0 Å². The van der Waals surface area contributed by atoms with Gasteiger partial charge in [-0.2, -0.15) is 0 Å². The number of anilines is 1. The molecule has 0 heterocycles. The smallest absolute Gasteiger partial charge is 0.0368 e. The highest BCUT2D eigenvalue weighted by atomic mass is 15.1. The number of hydrogen-bond acceptors (Lipinski definition) is 2. The van der Waals surface area contributed by atoms with Crippen molar-refractivity contribution in [3.05, 3.63) is 29.8 Å². The first kappa shape index (κ1) is 15.0. The van der Waals surface area contributed by atoms with Gasteiger partial charge in [-0.05, 0) is 38.0 Å². The molecule has 0 aliphatic heterocycles. The minimum atomic E-state index is 0.551. The fraction of sp³-hybridized carbons (Fsp3) is 0.625. The van der Waals surface area contributed by atoms with Crippen LogP contribution >= 0.6 is 0 Å². The summed E-state index contributed by atoms with van der Waals surface area (Å²) in [5.74, 6) is 0. The summed E-state index contributed by atoms with van der Waals surface area (Å²) in [6.45, 7) is 8.55. The normalized spacial score (nSPS) is 10.9. The van der Waals surface area contributed by atoms with Crippen LogP contribution in [-0.2, 0) is 6.54 Å². The molecule has 0 saturated heterocycles. The summed E-state index contributed by atoms with van der Waals surface area (Å²) < 4.78 is 0. The van der Waals surface area contributed by atoms with Crippen LogP contribution in [0.15, 0.2) is 24.3 Å². The number of benzene rings is 1. The molecule has 0 aromatic heterocycles. The lowest BCUT2D eigenvalue weighted by atomic mass is 10.1. The van der Waals surface area contributed by atoms with Crippen LogP contribution in [0.1, 0.15) is 52.0 Å². The quantitative estimate of drug-likeness (QED) is 0.706. The van der Waals surface area contributed by atoms with Gasteiger partial charge in [0.2, 0.25) is 0 Å². The van der Waals surface area contributed by atoms with Gasteiger partial charge in [-0.3, -0.25) is 0 Å². The largest absolute Gasteiger partial charge is 0.369 e. The van der Waals surface area contributed by atoms with Gasteiger partial charge < -0.3 is 10.6 Å². The molecular formula is C16H28N2. The van der Waals surface area contributed by atoms with Crippen LogP contribution in [0.5, 0.6) is 0 Å². The van der Waals surface area contributed by atoms with Gasteiger partial charge >= 0.3 is 0 Å². The Morgan fingerprint density at radius 1 is 1.06 bits per heavy atom. The van der Waals surface area contributed by atoms with Gasteiger partial charge in [0.25, 0.3) is 0 Å². The fourth-order valence-electron chi connectivity index (χ4n) is 2.22. The third-order valence-electron chi connectivity index (χ3n) is 3.38. The Morgan fingerprint density at radius 3 is 2.22 bits per heavy atom. The molecule has 0 unspecified atom stereocenters. The van der Waals surface area contributed by atoms with Crippen molar-refractivity contribution in [2.75, 3.05) is 11.4 Å². The zero-order valence-corrected chi connectivity index (χ0v) is 12.2. The second-order valence-electron chi connectivity index (χ2n) is 5.22. The van der Waals surface area contributed by atoms with E-state index in [1.54, 1.807) is 0 Å². The van der Waals surface area contributed by atoms with Gasteiger partial charge in [-0.15, -0.1) is 0 Å². The maximum Gasteiger partial charge on any atom is 0.0368 e. The van der Waals surface area contributed by atoms with E-state index in [1.165, 1.54) is 36.9 Å². The molecule has 0 bridgehead atoms. The Balaban J connectivity index is 2.59. The van der Waals surface area contributed by atoms with Crippen LogP contribution in [0.4, 0.5) is 5.69 Å². The Kier molecular flexibility index (Phi) is 6.81. The molecular weight excluding hydrogens is 220 g/mol. The Hall–Kier alpha value is -1.02. The summed E-state index contributed by atoms with van der Waals surface area (Å²) >= 11 is 0. The molecule has 0 saturated carbocycles. The lowest BCUT2D eigenvalue weighted by molar-refractivity contribution is 0.608. The summed E-state index contributed by atoms with van der Waals surface area (Å²) in [6, 6.07) is 9.22. The molecule has 0 spiro atoms. The average molecular weight is 248 g/mol. The Morgan fingerprint density at radius 2 is 1.72 bits per heavy atom. The third-order valence-corrected chi connectivity index (χ3v) is 3.38. The van der Waals surface area contributed by atoms with Crippen LogP contribution in [0.25, 0.3) is 0 Å². The molecule has 0 atom stereocenters. The van der Waals surface area contributed by atoms with Crippen LogP contribution in [0, 0.1) is 0 Å². The molecule has 2 N–H and O–H groups in total. The van der Waals surface area contributed by atoms with E-state index in [1.807, 2.05) is 0 Å². The molecule has 18 heavy (non-hydrogen) atoms. The highest BCUT2D eigenvalue weighted by Gasteiger charge is 2.09. The molecule has 1 aromatic rings. The van der Waals surface area contributed by atoms with E-state index in [9.17, 15) is 0 Å². The summed E-state index contributed by atoms with van der Waals surface area (Å²) in [4.78, 5) is 2.48. The monoisotopic (exact) mass is 248 g/mol.